The molecule has 2 atom stereocenters. The Kier molecular flexibility index (Phi) is 3.95. The van der Waals surface area contributed by atoms with Crippen molar-refractivity contribution in [3.8, 4) is 0 Å². The Morgan fingerprint density at radius 3 is 2.58 bits per heavy atom. The molecule has 0 radical (unpaired) electrons. The van der Waals surface area contributed by atoms with Crippen molar-refractivity contribution < 1.29 is 8.78 Å². The molecule has 2 rings (SSSR count). The molecular formula is C14H23F2N3. The summed E-state index contributed by atoms with van der Waals surface area (Å²) >= 11 is 0. The SMILES string of the molecule is CN1CCC(n2cc(C(C)(C)C)cn2)CC1C(F)F. The Morgan fingerprint density at radius 1 is 1.37 bits per heavy atom. The van der Waals surface area contributed by atoms with Gasteiger partial charge in [-0.3, -0.25) is 9.58 Å². The lowest BCUT2D eigenvalue weighted by atomic mass is 9.90. The van der Waals surface area contributed by atoms with Gasteiger partial charge in [-0.1, -0.05) is 20.8 Å². The smallest absolute Gasteiger partial charge is 0.253 e. The second-order valence-electron chi connectivity index (χ2n) is 6.52. The first-order valence-corrected chi connectivity index (χ1v) is 6.82. The number of likely N-dealkylation sites (tertiary alicyclic amines) is 1. The molecule has 1 aromatic heterocycles. The maximum absolute atomic E-state index is 13.0. The van der Waals surface area contributed by atoms with Crippen LogP contribution >= 0.6 is 0 Å². The van der Waals surface area contributed by atoms with Crippen molar-refractivity contribution in [3.05, 3.63) is 18.0 Å². The van der Waals surface area contributed by atoms with E-state index in [4.69, 9.17) is 0 Å². The average Bonchev–Trinajstić information content (AvgIpc) is 2.78. The van der Waals surface area contributed by atoms with Gasteiger partial charge in [0.25, 0.3) is 6.43 Å². The van der Waals surface area contributed by atoms with E-state index in [1.165, 1.54) is 0 Å². The van der Waals surface area contributed by atoms with Crippen LogP contribution in [0.3, 0.4) is 0 Å². The third-order valence-corrected chi connectivity index (χ3v) is 4.03. The quantitative estimate of drug-likeness (QED) is 0.824. The van der Waals surface area contributed by atoms with Gasteiger partial charge in [0, 0.05) is 12.7 Å². The Bertz CT molecular complexity index is 423. The fraction of sp³-hybridized carbons (Fsp3) is 0.786. The molecule has 108 valence electrons. The molecule has 19 heavy (non-hydrogen) atoms. The second-order valence-corrected chi connectivity index (χ2v) is 6.52. The fourth-order valence-corrected chi connectivity index (χ4v) is 2.56. The molecule has 0 saturated carbocycles. The van der Waals surface area contributed by atoms with Crippen molar-refractivity contribution in [2.24, 2.45) is 0 Å². The number of nitrogens with zero attached hydrogens (tertiary/aromatic N) is 3. The van der Waals surface area contributed by atoms with Gasteiger partial charge >= 0.3 is 0 Å². The molecule has 3 nitrogen and oxygen atoms in total. The summed E-state index contributed by atoms with van der Waals surface area (Å²) in [5.74, 6) is 0. The summed E-state index contributed by atoms with van der Waals surface area (Å²) in [6, 6.07) is -0.563. The molecule has 1 fully saturated rings. The van der Waals surface area contributed by atoms with Gasteiger partial charge in [0.1, 0.15) is 0 Å². The normalized spacial score (nSPS) is 26.1. The lowest BCUT2D eigenvalue weighted by Crippen LogP contribution is -2.44. The molecule has 5 heteroatoms. The number of aromatic nitrogens is 2. The van der Waals surface area contributed by atoms with E-state index >= 15 is 0 Å². The topological polar surface area (TPSA) is 21.1 Å². The van der Waals surface area contributed by atoms with E-state index < -0.39 is 12.5 Å². The predicted molar refractivity (Wildman–Crippen MR) is 71.6 cm³/mol. The first-order chi connectivity index (χ1) is 8.79. The number of halogens is 2. The van der Waals surface area contributed by atoms with Crippen LogP contribution in [0.2, 0.25) is 0 Å². The van der Waals surface area contributed by atoms with Gasteiger partial charge in [-0.05, 0) is 30.9 Å². The molecule has 1 aromatic rings. The number of hydrogen-bond acceptors (Lipinski definition) is 2. The number of rotatable bonds is 2. The highest BCUT2D eigenvalue weighted by Gasteiger charge is 2.33. The lowest BCUT2D eigenvalue weighted by Gasteiger charge is -2.36. The van der Waals surface area contributed by atoms with Crippen molar-refractivity contribution in [2.45, 2.75) is 57.5 Å². The van der Waals surface area contributed by atoms with Crippen molar-refractivity contribution in [2.75, 3.05) is 13.6 Å². The van der Waals surface area contributed by atoms with Gasteiger partial charge in [-0.15, -0.1) is 0 Å². The highest BCUT2D eigenvalue weighted by atomic mass is 19.3. The summed E-state index contributed by atoms with van der Waals surface area (Å²) in [5, 5.41) is 4.38. The molecule has 2 unspecified atom stereocenters. The van der Waals surface area contributed by atoms with Crippen LogP contribution in [0.1, 0.15) is 45.2 Å². The molecule has 1 saturated heterocycles. The molecule has 0 aliphatic carbocycles. The van der Waals surface area contributed by atoms with Gasteiger partial charge in [-0.25, -0.2) is 8.78 Å². The lowest BCUT2D eigenvalue weighted by molar-refractivity contribution is 0.00283. The van der Waals surface area contributed by atoms with E-state index in [1.807, 2.05) is 17.1 Å². The Balaban J connectivity index is 2.12. The predicted octanol–water partition coefficient (Wildman–Crippen LogP) is 3.08. The van der Waals surface area contributed by atoms with E-state index in [1.54, 1.807) is 11.9 Å². The van der Waals surface area contributed by atoms with Gasteiger partial charge in [0.05, 0.1) is 18.3 Å². The summed E-state index contributed by atoms with van der Waals surface area (Å²) < 4.78 is 27.8. The molecule has 0 bridgehead atoms. The Labute approximate surface area is 113 Å². The van der Waals surface area contributed by atoms with Gasteiger partial charge in [0.15, 0.2) is 0 Å². The number of alkyl halides is 2. The second kappa shape index (κ2) is 5.19. The van der Waals surface area contributed by atoms with Crippen LogP contribution in [0.25, 0.3) is 0 Å². The maximum Gasteiger partial charge on any atom is 0.253 e. The molecule has 0 N–H and O–H groups in total. The summed E-state index contributed by atoms with van der Waals surface area (Å²) in [7, 11) is 1.77. The van der Waals surface area contributed by atoms with Crippen molar-refractivity contribution >= 4 is 0 Å². The minimum atomic E-state index is -2.29. The van der Waals surface area contributed by atoms with Crippen LogP contribution in [0.4, 0.5) is 8.78 Å². The Hall–Kier alpha value is -0.970. The van der Waals surface area contributed by atoms with Crippen LogP contribution in [0, 0.1) is 0 Å². The molecule has 1 aliphatic heterocycles. The van der Waals surface area contributed by atoms with Crippen LogP contribution in [0.5, 0.6) is 0 Å². The number of piperidine rings is 1. The maximum atomic E-state index is 13.0. The van der Waals surface area contributed by atoms with E-state index in [-0.39, 0.29) is 11.5 Å². The van der Waals surface area contributed by atoms with Gasteiger partial charge in [0.2, 0.25) is 0 Å². The zero-order chi connectivity index (χ0) is 14.2. The fourth-order valence-electron chi connectivity index (χ4n) is 2.56. The molecule has 2 heterocycles. The highest BCUT2D eigenvalue weighted by Crippen LogP contribution is 2.30. The zero-order valence-electron chi connectivity index (χ0n) is 12.1. The summed E-state index contributed by atoms with van der Waals surface area (Å²) in [5.41, 5.74) is 1.20. The molecule has 1 aliphatic rings. The zero-order valence-corrected chi connectivity index (χ0v) is 12.1. The summed E-state index contributed by atoms with van der Waals surface area (Å²) in [6.45, 7) is 7.09. The highest BCUT2D eigenvalue weighted by molar-refractivity contribution is 5.15. The molecular weight excluding hydrogens is 248 g/mol. The largest absolute Gasteiger partial charge is 0.298 e. The number of hydrogen-bond donors (Lipinski definition) is 0. The van der Waals surface area contributed by atoms with E-state index in [0.717, 1.165) is 12.0 Å². The standard InChI is InChI=1S/C14H23F2N3/c1-14(2,3)10-8-17-19(9-10)11-5-6-18(4)12(7-11)13(15)16/h8-9,11-13H,5-7H2,1-4H3. The minimum absolute atomic E-state index is 0.0474. The van der Waals surface area contributed by atoms with Gasteiger partial charge in [-0.2, -0.15) is 5.10 Å². The van der Waals surface area contributed by atoms with Gasteiger partial charge < -0.3 is 0 Å². The van der Waals surface area contributed by atoms with Crippen LogP contribution in [-0.2, 0) is 5.41 Å². The molecule has 0 aromatic carbocycles. The minimum Gasteiger partial charge on any atom is -0.298 e. The van der Waals surface area contributed by atoms with Crippen LogP contribution in [-0.4, -0.2) is 40.7 Å². The first kappa shape index (κ1) is 14.4. The van der Waals surface area contributed by atoms with Crippen LogP contribution < -0.4 is 0 Å². The molecule has 0 spiro atoms. The first-order valence-electron chi connectivity index (χ1n) is 6.82. The van der Waals surface area contributed by atoms with Crippen LogP contribution in [0.15, 0.2) is 12.4 Å². The summed E-state index contributed by atoms with van der Waals surface area (Å²) in [4.78, 5) is 1.76. The third-order valence-electron chi connectivity index (χ3n) is 4.03. The van der Waals surface area contributed by atoms with Crippen molar-refractivity contribution in [1.29, 1.82) is 0 Å². The third kappa shape index (κ3) is 3.14. The summed E-state index contributed by atoms with van der Waals surface area (Å²) in [6.07, 6.45) is 2.93. The van der Waals surface area contributed by atoms with Crippen molar-refractivity contribution in [3.63, 3.8) is 0 Å². The van der Waals surface area contributed by atoms with E-state index in [2.05, 4.69) is 25.9 Å². The average molecular weight is 271 g/mol. The van der Waals surface area contributed by atoms with E-state index in [9.17, 15) is 8.78 Å². The van der Waals surface area contributed by atoms with Crippen molar-refractivity contribution in [1.82, 2.24) is 14.7 Å². The van der Waals surface area contributed by atoms with E-state index in [0.29, 0.717) is 13.0 Å². The monoisotopic (exact) mass is 271 g/mol. The molecule has 0 amide bonds. The Morgan fingerprint density at radius 2 is 2.05 bits per heavy atom.